The van der Waals surface area contributed by atoms with E-state index in [1.165, 1.54) is 37.7 Å². The molecule has 0 radical (unpaired) electrons. The summed E-state index contributed by atoms with van der Waals surface area (Å²) in [6.07, 6.45) is 8.04. The molecule has 1 nitrogen and oxygen atoms in total. The fourth-order valence-corrected chi connectivity index (χ4v) is 3.27. The second-order valence-electron chi connectivity index (χ2n) is 5.20. The highest BCUT2D eigenvalue weighted by Gasteiger charge is 2.12. The Kier molecular flexibility index (Phi) is 8.27. The number of unbranched alkanes of at least 4 members (excludes halogenated alkanes) is 5. The van der Waals surface area contributed by atoms with Crippen molar-refractivity contribution in [3.8, 4) is 0 Å². The molecule has 0 aliphatic carbocycles. The van der Waals surface area contributed by atoms with E-state index < -0.39 is 0 Å². The molecule has 0 aliphatic heterocycles. The van der Waals surface area contributed by atoms with Gasteiger partial charge in [-0.2, -0.15) is 0 Å². The van der Waals surface area contributed by atoms with Crippen LogP contribution in [0.15, 0.2) is 21.1 Å². The predicted octanol–water partition coefficient (Wildman–Crippen LogP) is 6.30. The summed E-state index contributed by atoms with van der Waals surface area (Å²) < 4.78 is 2.07. The van der Waals surface area contributed by atoms with Crippen LogP contribution in [0.25, 0.3) is 0 Å². The average molecular weight is 392 g/mol. The van der Waals surface area contributed by atoms with Gasteiger partial charge in [-0.1, -0.05) is 77.3 Å². The second-order valence-corrected chi connectivity index (χ2v) is 6.90. The second kappa shape index (κ2) is 9.15. The first-order valence-electron chi connectivity index (χ1n) is 7.19. The summed E-state index contributed by atoms with van der Waals surface area (Å²) in [5.41, 5.74) is 2.17. The Morgan fingerprint density at radius 2 is 1.63 bits per heavy atom. The standard InChI is InChI=1S/C16H24Br2O/c1-3-4-5-6-7-8-9-16(19)13-11-14(17)12(2)10-15(13)18/h10-11,16,19H,3-9H2,1-2H3. The van der Waals surface area contributed by atoms with Crippen molar-refractivity contribution >= 4 is 31.9 Å². The van der Waals surface area contributed by atoms with Crippen molar-refractivity contribution in [3.05, 3.63) is 32.2 Å². The lowest BCUT2D eigenvalue weighted by molar-refractivity contribution is 0.162. The number of hydrogen-bond donors (Lipinski definition) is 1. The van der Waals surface area contributed by atoms with E-state index in [2.05, 4.69) is 51.8 Å². The van der Waals surface area contributed by atoms with Gasteiger partial charge in [-0.05, 0) is 36.6 Å². The molecule has 0 amide bonds. The van der Waals surface area contributed by atoms with E-state index in [0.717, 1.165) is 27.4 Å². The van der Waals surface area contributed by atoms with Gasteiger partial charge in [-0.25, -0.2) is 0 Å². The summed E-state index contributed by atoms with van der Waals surface area (Å²) in [4.78, 5) is 0. The number of aryl methyl sites for hydroxylation is 1. The number of halogens is 2. The van der Waals surface area contributed by atoms with Crippen LogP contribution >= 0.6 is 31.9 Å². The third kappa shape index (κ3) is 5.97. The van der Waals surface area contributed by atoms with Gasteiger partial charge in [0.1, 0.15) is 0 Å². The van der Waals surface area contributed by atoms with Gasteiger partial charge >= 0.3 is 0 Å². The molecule has 19 heavy (non-hydrogen) atoms. The molecule has 1 aromatic carbocycles. The molecule has 1 unspecified atom stereocenters. The highest BCUT2D eigenvalue weighted by Crippen LogP contribution is 2.32. The number of aliphatic hydroxyl groups excluding tert-OH is 1. The molecule has 0 aliphatic rings. The number of benzene rings is 1. The van der Waals surface area contributed by atoms with Crippen LogP contribution in [0.2, 0.25) is 0 Å². The summed E-state index contributed by atoms with van der Waals surface area (Å²) in [5, 5.41) is 10.3. The SMILES string of the molecule is CCCCCCCCC(O)c1cc(Br)c(C)cc1Br. The predicted molar refractivity (Wildman–Crippen MR) is 89.5 cm³/mol. The molecule has 108 valence electrons. The molecule has 0 heterocycles. The maximum Gasteiger partial charge on any atom is 0.0801 e. The quantitative estimate of drug-likeness (QED) is 0.515. The van der Waals surface area contributed by atoms with Gasteiger partial charge in [0.15, 0.2) is 0 Å². The molecule has 1 aromatic rings. The topological polar surface area (TPSA) is 20.2 Å². The Balaban J connectivity index is 2.41. The molecule has 0 aromatic heterocycles. The molecule has 1 N–H and O–H groups in total. The van der Waals surface area contributed by atoms with E-state index >= 15 is 0 Å². The van der Waals surface area contributed by atoms with Crippen LogP contribution in [0.5, 0.6) is 0 Å². The highest BCUT2D eigenvalue weighted by atomic mass is 79.9. The van der Waals surface area contributed by atoms with Gasteiger partial charge in [0.05, 0.1) is 6.10 Å². The van der Waals surface area contributed by atoms with Crippen LogP contribution in [0.3, 0.4) is 0 Å². The van der Waals surface area contributed by atoms with E-state index in [0.29, 0.717) is 0 Å². The lowest BCUT2D eigenvalue weighted by atomic mass is 10.0. The lowest BCUT2D eigenvalue weighted by Crippen LogP contribution is -1.99. The minimum absolute atomic E-state index is 0.363. The van der Waals surface area contributed by atoms with Crippen LogP contribution in [-0.4, -0.2) is 5.11 Å². The van der Waals surface area contributed by atoms with Crippen molar-refractivity contribution in [2.24, 2.45) is 0 Å². The van der Waals surface area contributed by atoms with E-state index in [9.17, 15) is 5.11 Å². The van der Waals surface area contributed by atoms with E-state index in [1.807, 2.05) is 6.07 Å². The van der Waals surface area contributed by atoms with Crippen molar-refractivity contribution < 1.29 is 5.11 Å². The minimum Gasteiger partial charge on any atom is -0.388 e. The Bertz CT molecular complexity index is 391. The van der Waals surface area contributed by atoms with E-state index in [-0.39, 0.29) is 6.10 Å². The van der Waals surface area contributed by atoms with Crippen molar-refractivity contribution in [1.29, 1.82) is 0 Å². The molecule has 0 bridgehead atoms. The van der Waals surface area contributed by atoms with Crippen LogP contribution < -0.4 is 0 Å². The van der Waals surface area contributed by atoms with Gasteiger partial charge in [0.25, 0.3) is 0 Å². The molecule has 0 spiro atoms. The van der Waals surface area contributed by atoms with Crippen LogP contribution in [0.4, 0.5) is 0 Å². The van der Waals surface area contributed by atoms with Crippen molar-refractivity contribution in [3.63, 3.8) is 0 Å². The van der Waals surface area contributed by atoms with E-state index in [4.69, 9.17) is 0 Å². The fraction of sp³-hybridized carbons (Fsp3) is 0.625. The fourth-order valence-electron chi connectivity index (χ4n) is 2.19. The van der Waals surface area contributed by atoms with Crippen molar-refractivity contribution in [1.82, 2.24) is 0 Å². The molecule has 0 saturated heterocycles. The molecule has 0 fully saturated rings. The highest BCUT2D eigenvalue weighted by molar-refractivity contribution is 9.11. The summed E-state index contributed by atoms with van der Waals surface area (Å²) in [7, 11) is 0. The smallest absolute Gasteiger partial charge is 0.0801 e. The zero-order valence-electron chi connectivity index (χ0n) is 11.9. The number of rotatable bonds is 8. The molecular weight excluding hydrogens is 368 g/mol. The van der Waals surface area contributed by atoms with Crippen molar-refractivity contribution in [2.45, 2.75) is 64.9 Å². The monoisotopic (exact) mass is 390 g/mol. The zero-order chi connectivity index (χ0) is 14.3. The summed E-state index contributed by atoms with van der Waals surface area (Å²) in [6.45, 7) is 4.29. The Morgan fingerprint density at radius 1 is 1.00 bits per heavy atom. The average Bonchev–Trinajstić information content (AvgIpc) is 2.37. The Labute approximate surface area is 134 Å². The third-order valence-electron chi connectivity index (χ3n) is 3.47. The first-order valence-corrected chi connectivity index (χ1v) is 8.78. The van der Waals surface area contributed by atoms with Crippen LogP contribution in [0, 0.1) is 6.92 Å². The van der Waals surface area contributed by atoms with E-state index in [1.54, 1.807) is 0 Å². The summed E-state index contributed by atoms with van der Waals surface area (Å²) >= 11 is 7.07. The van der Waals surface area contributed by atoms with Gasteiger partial charge in [-0.3, -0.25) is 0 Å². The lowest BCUT2D eigenvalue weighted by Gasteiger charge is -2.14. The molecule has 0 saturated carbocycles. The van der Waals surface area contributed by atoms with Gasteiger partial charge < -0.3 is 5.11 Å². The first kappa shape index (κ1) is 17.2. The Morgan fingerprint density at radius 3 is 2.32 bits per heavy atom. The van der Waals surface area contributed by atoms with Crippen LogP contribution in [-0.2, 0) is 0 Å². The Hall–Kier alpha value is 0.140. The maximum absolute atomic E-state index is 10.3. The number of hydrogen-bond acceptors (Lipinski definition) is 1. The molecule has 1 atom stereocenters. The normalized spacial score (nSPS) is 12.7. The van der Waals surface area contributed by atoms with Gasteiger partial charge in [-0.15, -0.1) is 0 Å². The maximum atomic E-state index is 10.3. The van der Waals surface area contributed by atoms with Crippen LogP contribution in [0.1, 0.15) is 69.1 Å². The first-order chi connectivity index (χ1) is 9.06. The third-order valence-corrected chi connectivity index (χ3v) is 5.01. The van der Waals surface area contributed by atoms with Crippen molar-refractivity contribution in [2.75, 3.05) is 0 Å². The largest absolute Gasteiger partial charge is 0.388 e. The minimum atomic E-state index is -0.363. The van der Waals surface area contributed by atoms with Gasteiger partial charge in [0, 0.05) is 8.95 Å². The summed E-state index contributed by atoms with van der Waals surface area (Å²) in [6, 6.07) is 4.09. The van der Waals surface area contributed by atoms with Gasteiger partial charge in [0.2, 0.25) is 0 Å². The summed E-state index contributed by atoms with van der Waals surface area (Å²) in [5.74, 6) is 0. The molecular formula is C16H24Br2O. The molecule has 3 heteroatoms. The molecule has 1 rings (SSSR count). The number of aliphatic hydroxyl groups is 1. The zero-order valence-corrected chi connectivity index (χ0v) is 15.1.